The first-order valence-corrected chi connectivity index (χ1v) is 9.39. The third kappa shape index (κ3) is 3.74. The first-order chi connectivity index (χ1) is 14.1. The number of nitrogens with zero attached hydrogens (tertiary/aromatic N) is 3. The Morgan fingerprint density at radius 3 is 1.97 bits per heavy atom. The number of carbonyl (C=O) groups excluding carboxylic acids is 1. The molecule has 1 amide bonds. The Morgan fingerprint density at radius 2 is 1.45 bits per heavy atom. The largest absolute Gasteiger partial charge is 0.492 e. The highest BCUT2D eigenvalue weighted by Crippen LogP contribution is 2.49. The standard InChI is InChI=1S/C21H27N3O5/c1-14-16(18(27-3)20(29-5)19(28-4)17(14)26-2)21(25)24-12-10-23(11-13-24)15-8-6-7-9-22-15/h6-9H,10-13H2,1-5H3. The average molecular weight is 401 g/mol. The summed E-state index contributed by atoms with van der Waals surface area (Å²) >= 11 is 0. The first-order valence-electron chi connectivity index (χ1n) is 9.39. The van der Waals surface area contributed by atoms with Gasteiger partial charge in [0.05, 0.1) is 34.0 Å². The fourth-order valence-corrected chi connectivity index (χ4v) is 3.68. The second-order valence-corrected chi connectivity index (χ2v) is 6.60. The Labute approximate surface area is 170 Å². The van der Waals surface area contributed by atoms with Crippen LogP contribution in [0.2, 0.25) is 0 Å². The monoisotopic (exact) mass is 401 g/mol. The van der Waals surface area contributed by atoms with Crippen molar-refractivity contribution in [2.45, 2.75) is 6.92 Å². The summed E-state index contributed by atoms with van der Waals surface area (Å²) in [6.07, 6.45) is 1.77. The van der Waals surface area contributed by atoms with Gasteiger partial charge in [-0.3, -0.25) is 4.79 Å². The van der Waals surface area contributed by atoms with Crippen molar-refractivity contribution in [3.05, 3.63) is 35.5 Å². The Morgan fingerprint density at radius 1 is 0.862 bits per heavy atom. The van der Waals surface area contributed by atoms with Crippen molar-refractivity contribution >= 4 is 11.7 Å². The Bertz CT molecular complexity index is 865. The van der Waals surface area contributed by atoms with E-state index in [4.69, 9.17) is 18.9 Å². The number of rotatable bonds is 6. The molecule has 0 spiro atoms. The molecule has 2 aromatic rings. The number of ether oxygens (including phenoxy) is 4. The van der Waals surface area contributed by atoms with E-state index in [1.165, 1.54) is 28.4 Å². The number of hydrogen-bond acceptors (Lipinski definition) is 7. The van der Waals surface area contributed by atoms with E-state index in [0.717, 1.165) is 5.82 Å². The van der Waals surface area contributed by atoms with Crippen molar-refractivity contribution in [2.75, 3.05) is 59.5 Å². The van der Waals surface area contributed by atoms with E-state index >= 15 is 0 Å². The zero-order valence-electron chi connectivity index (χ0n) is 17.5. The summed E-state index contributed by atoms with van der Waals surface area (Å²) in [5, 5.41) is 0. The van der Waals surface area contributed by atoms with Crippen LogP contribution in [0.3, 0.4) is 0 Å². The molecule has 8 nitrogen and oxygen atoms in total. The number of piperazine rings is 1. The molecule has 3 rings (SSSR count). The summed E-state index contributed by atoms with van der Waals surface area (Å²) in [5.74, 6) is 2.34. The summed E-state index contributed by atoms with van der Waals surface area (Å²) in [6, 6.07) is 5.83. The molecule has 156 valence electrons. The molecule has 0 aliphatic carbocycles. The molecule has 0 unspecified atom stereocenters. The predicted octanol–water partition coefficient (Wildman–Crippen LogP) is 2.39. The minimum atomic E-state index is -0.126. The summed E-state index contributed by atoms with van der Waals surface area (Å²) in [4.78, 5) is 21.8. The molecule has 1 saturated heterocycles. The number of carbonyl (C=O) groups is 1. The molecular formula is C21H27N3O5. The van der Waals surface area contributed by atoms with Crippen LogP contribution >= 0.6 is 0 Å². The summed E-state index contributed by atoms with van der Waals surface area (Å²) in [6.45, 7) is 4.38. The van der Waals surface area contributed by atoms with Gasteiger partial charge < -0.3 is 28.7 Å². The van der Waals surface area contributed by atoms with Crippen LogP contribution in [0.4, 0.5) is 5.82 Å². The van der Waals surface area contributed by atoms with Crippen molar-refractivity contribution in [3.63, 3.8) is 0 Å². The lowest BCUT2D eigenvalue weighted by Crippen LogP contribution is -2.49. The van der Waals surface area contributed by atoms with Gasteiger partial charge in [0.2, 0.25) is 11.5 Å². The number of benzene rings is 1. The Kier molecular flexibility index (Phi) is 6.31. The molecule has 0 atom stereocenters. The molecule has 0 radical (unpaired) electrons. The van der Waals surface area contributed by atoms with Crippen molar-refractivity contribution in [1.82, 2.24) is 9.88 Å². The molecule has 1 aromatic heterocycles. The number of hydrogen-bond donors (Lipinski definition) is 0. The van der Waals surface area contributed by atoms with Gasteiger partial charge >= 0.3 is 0 Å². The van der Waals surface area contributed by atoms with Gasteiger partial charge in [-0.1, -0.05) is 6.07 Å². The van der Waals surface area contributed by atoms with Crippen LogP contribution in [0.1, 0.15) is 15.9 Å². The van der Waals surface area contributed by atoms with E-state index in [9.17, 15) is 4.79 Å². The summed E-state index contributed by atoms with van der Waals surface area (Å²) in [7, 11) is 6.09. The van der Waals surface area contributed by atoms with Crippen LogP contribution in [0.25, 0.3) is 0 Å². The Balaban J connectivity index is 1.91. The highest BCUT2D eigenvalue weighted by Gasteiger charge is 2.32. The van der Waals surface area contributed by atoms with Gasteiger partial charge in [0, 0.05) is 37.9 Å². The van der Waals surface area contributed by atoms with Gasteiger partial charge in [0.15, 0.2) is 11.5 Å². The van der Waals surface area contributed by atoms with Crippen LogP contribution < -0.4 is 23.8 Å². The maximum absolute atomic E-state index is 13.4. The maximum Gasteiger partial charge on any atom is 0.258 e. The van der Waals surface area contributed by atoms with E-state index in [1.807, 2.05) is 30.0 Å². The number of pyridine rings is 1. The number of aromatic nitrogens is 1. The van der Waals surface area contributed by atoms with Gasteiger partial charge in [-0.2, -0.15) is 0 Å². The highest BCUT2D eigenvalue weighted by molar-refractivity contribution is 6.01. The first kappa shape index (κ1) is 20.6. The average Bonchev–Trinajstić information content (AvgIpc) is 2.78. The molecule has 29 heavy (non-hydrogen) atoms. The number of methoxy groups -OCH3 is 4. The second-order valence-electron chi connectivity index (χ2n) is 6.60. The molecule has 8 heteroatoms. The van der Waals surface area contributed by atoms with Crippen LogP contribution in [-0.2, 0) is 0 Å². The smallest absolute Gasteiger partial charge is 0.258 e. The topological polar surface area (TPSA) is 73.4 Å². The molecule has 1 aliphatic rings. The minimum Gasteiger partial charge on any atom is -0.492 e. The van der Waals surface area contributed by atoms with Crippen molar-refractivity contribution < 1.29 is 23.7 Å². The molecule has 0 N–H and O–H groups in total. The molecule has 0 bridgehead atoms. The van der Waals surface area contributed by atoms with E-state index in [2.05, 4.69) is 9.88 Å². The van der Waals surface area contributed by atoms with Crippen LogP contribution in [0, 0.1) is 6.92 Å². The molecule has 1 aliphatic heterocycles. The van der Waals surface area contributed by atoms with Gasteiger partial charge in [-0.25, -0.2) is 4.98 Å². The minimum absolute atomic E-state index is 0.126. The van der Waals surface area contributed by atoms with Crippen molar-refractivity contribution in [3.8, 4) is 23.0 Å². The van der Waals surface area contributed by atoms with Crippen LogP contribution in [0.5, 0.6) is 23.0 Å². The van der Waals surface area contributed by atoms with Crippen LogP contribution in [-0.4, -0.2) is 70.4 Å². The Hall–Kier alpha value is -3.16. The number of amides is 1. The van der Waals surface area contributed by atoms with Gasteiger partial charge in [-0.05, 0) is 19.1 Å². The lowest BCUT2D eigenvalue weighted by atomic mass is 10.0. The molecule has 1 aromatic carbocycles. The number of anilines is 1. The fourth-order valence-electron chi connectivity index (χ4n) is 3.68. The lowest BCUT2D eigenvalue weighted by Gasteiger charge is -2.36. The van der Waals surface area contributed by atoms with Gasteiger partial charge in [0.25, 0.3) is 5.91 Å². The van der Waals surface area contributed by atoms with Gasteiger partial charge in [0.1, 0.15) is 5.82 Å². The lowest BCUT2D eigenvalue weighted by molar-refractivity contribution is 0.0741. The summed E-state index contributed by atoms with van der Waals surface area (Å²) in [5.41, 5.74) is 1.08. The molecule has 1 fully saturated rings. The van der Waals surface area contributed by atoms with E-state index < -0.39 is 0 Å². The summed E-state index contributed by atoms with van der Waals surface area (Å²) < 4.78 is 22.0. The van der Waals surface area contributed by atoms with E-state index in [-0.39, 0.29) is 5.91 Å². The van der Waals surface area contributed by atoms with E-state index in [0.29, 0.717) is 60.3 Å². The molecule has 0 saturated carbocycles. The SMILES string of the molecule is COc1c(C)c(C(=O)N2CCN(c3ccccn3)CC2)c(OC)c(OC)c1OC. The third-order valence-corrected chi connectivity index (χ3v) is 5.13. The predicted molar refractivity (Wildman–Crippen MR) is 110 cm³/mol. The highest BCUT2D eigenvalue weighted by atomic mass is 16.5. The maximum atomic E-state index is 13.4. The zero-order chi connectivity index (χ0) is 21.0. The molecule has 2 heterocycles. The van der Waals surface area contributed by atoms with Crippen LogP contribution in [0.15, 0.2) is 24.4 Å². The van der Waals surface area contributed by atoms with E-state index in [1.54, 1.807) is 6.20 Å². The van der Waals surface area contributed by atoms with Crippen molar-refractivity contribution in [2.24, 2.45) is 0 Å². The van der Waals surface area contributed by atoms with Gasteiger partial charge in [-0.15, -0.1) is 0 Å². The zero-order valence-corrected chi connectivity index (χ0v) is 17.5. The normalized spacial score (nSPS) is 13.8. The van der Waals surface area contributed by atoms with Crippen molar-refractivity contribution in [1.29, 1.82) is 0 Å². The molecular weight excluding hydrogens is 374 g/mol. The quantitative estimate of drug-likeness (QED) is 0.736. The fraction of sp³-hybridized carbons (Fsp3) is 0.429. The third-order valence-electron chi connectivity index (χ3n) is 5.13. The second kappa shape index (κ2) is 8.89.